The van der Waals surface area contributed by atoms with Gasteiger partial charge in [-0.25, -0.2) is 0 Å². The SMILES string of the molecule is C(#C[C@@H]1CCCC[C@H]1c1ccccc1)c1ccccc1. The summed E-state index contributed by atoms with van der Waals surface area (Å²) in [4.78, 5) is 0. The molecule has 0 N–H and O–H groups in total. The Hall–Kier alpha value is -2.00. The van der Waals surface area contributed by atoms with Crippen molar-refractivity contribution in [1.82, 2.24) is 0 Å². The molecule has 1 saturated carbocycles. The Balaban J connectivity index is 1.82. The van der Waals surface area contributed by atoms with Crippen LogP contribution in [0.15, 0.2) is 60.7 Å². The molecular formula is C20H20. The lowest BCUT2D eigenvalue weighted by Gasteiger charge is -2.28. The lowest BCUT2D eigenvalue weighted by atomic mass is 9.76. The normalized spacial score (nSPS) is 21.8. The summed E-state index contributed by atoms with van der Waals surface area (Å²) in [5.74, 6) is 8.02. The smallest absolute Gasteiger partial charge is 0.0275 e. The molecule has 0 heteroatoms. The van der Waals surface area contributed by atoms with E-state index in [1.807, 2.05) is 6.07 Å². The van der Waals surface area contributed by atoms with Crippen LogP contribution in [0, 0.1) is 17.8 Å². The first-order valence-electron chi connectivity index (χ1n) is 7.55. The van der Waals surface area contributed by atoms with E-state index in [1.165, 1.54) is 31.2 Å². The molecular weight excluding hydrogens is 240 g/mol. The summed E-state index contributed by atoms with van der Waals surface area (Å²) in [5.41, 5.74) is 2.59. The van der Waals surface area contributed by atoms with Gasteiger partial charge >= 0.3 is 0 Å². The van der Waals surface area contributed by atoms with Gasteiger partial charge in [0.2, 0.25) is 0 Å². The van der Waals surface area contributed by atoms with Crippen molar-refractivity contribution in [2.75, 3.05) is 0 Å². The minimum absolute atomic E-state index is 0.506. The first-order chi connectivity index (χ1) is 9.93. The van der Waals surface area contributed by atoms with E-state index in [1.54, 1.807) is 0 Å². The first-order valence-corrected chi connectivity index (χ1v) is 7.55. The second-order valence-electron chi connectivity index (χ2n) is 5.54. The molecule has 2 aromatic carbocycles. The van der Waals surface area contributed by atoms with Crippen molar-refractivity contribution in [3.63, 3.8) is 0 Å². The van der Waals surface area contributed by atoms with Gasteiger partial charge < -0.3 is 0 Å². The second-order valence-corrected chi connectivity index (χ2v) is 5.54. The topological polar surface area (TPSA) is 0 Å². The zero-order chi connectivity index (χ0) is 13.6. The van der Waals surface area contributed by atoms with E-state index in [4.69, 9.17) is 0 Å². The van der Waals surface area contributed by atoms with E-state index >= 15 is 0 Å². The Morgan fingerprint density at radius 2 is 1.40 bits per heavy atom. The van der Waals surface area contributed by atoms with Crippen LogP contribution in [0.3, 0.4) is 0 Å². The number of hydrogen-bond acceptors (Lipinski definition) is 0. The van der Waals surface area contributed by atoms with Crippen LogP contribution in [0.1, 0.15) is 42.7 Å². The van der Waals surface area contributed by atoms with Gasteiger partial charge in [0.1, 0.15) is 0 Å². The highest BCUT2D eigenvalue weighted by Crippen LogP contribution is 2.37. The summed E-state index contributed by atoms with van der Waals surface area (Å²) in [5, 5.41) is 0. The van der Waals surface area contributed by atoms with Crippen LogP contribution < -0.4 is 0 Å². The maximum atomic E-state index is 3.54. The van der Waals surface area contributed by atoms with Gasteiger partial charge in [0, 0.05) is 11.5 Å². The highest BCUT2D eigenvalue weighted by atomic mass is 14.3. The van der Waals surface area contributed by atoms with Crippen LogP contribution in [0.2, 0.25) is 0 Å². The number of rotatable bonds is 1. The van der Waals surface area contributed by atoms with Crippen LogP contribution in [0.5, 0.6) is 0 Å². The van der Waals surface area contributed by atoms with Crippen molar-refractivity contribution >= 4 is 0 Å². The highest BCUT2D eigenvalue weighted by molar-refractivity contribution is 5.35. The molecule has 20 heavy (non-hydrogen) atoms. The Morgan fingerprint density at radius 3 is 2.15 bits per heavy atom. The van der Waals surface area contributed by atoms with E-state index < -0.39 is 0 Å². The molecule has 2 atom stereocenters. The van der Waals surface area contributed by atoms with E-state index in [-0.39, 0.29) is 0 Å². The van der Waals surface area contributed by atoms with Crippen molar-refractivity contribution in [1.29, 1.82) is 0 Å². The summed E-state index contributed by atoms with van der Waals surface area (Å²) in [6, 6.07) is 21.2. The van der Waals surface area contributed by atoms with Crippen molar-refractivity contribution in [3.05, 3.63) is 71.8 Å². The van der Waals surface area contributed by atoms with Gasteiger partial charge in [0.25, 0.3) is 0 Å². The zero-order valence-electron chi connectivity index (χ0n) is 11.8. The van der Waals surface area contributed by atoms with Crippen molar-refractivity contribution in [2.24, 2.45) is 5.92 Å². The molecule has 2 aromatic rings. The van der Waals surface area contributed by atoms with E-state index in [9.17, 15) is 0 Å². The van der Waals surface area contributed by atoms with E-state index in [0.29, 0.717) is 11.8 Å². The summed E-state index contributed by atoms with van der Waals surface area (Å²) in [7, 11) is 0. The summed E-state index contributed by atoms with van der Waals surface area (Å²) >= 11 is 0. The number of benzene rings is 2. The Morgan fingerprint density at radius 1 is 0.750 bits per heavy atom. The molecule has 100 valence electrons. The van der Waals surface area contributed by atoms with Gasteiger partial charge in [0.15, 0.2) is 0 Å². The third-order valence-corrected chi connectivity index (χ3v) is 4.17. The molecule has 0 nitrogen and oxygen atoms in total. The van der Waals surface area contributed by atoms with E-state index in [2.05, 4.69) is 66.4 Å². The average Bonchev–Trinajstić information content (AvgIpc) is 2.55. The molecule has 3 rings (SSSR count). The lowest BCUT2D eigenvalue weighted by Crippen LogP contribution is -2.16. The molecule has 0 bridgehead atoms. The molecule has 0 spiro atoms. The summed E-state index contributed by atoms with van der Waals surface area (Å²) < 4.78 is 0. The molecule has 1 aliphatic carbocycles. The molecule has 0 radical (unpaired) electrons. The Kier molecular flexibility index (Phi) is 4.19. The molecule has 0 saturated heterocycles. The quantitative estimate of drug-likeness (QED) is 0.632. The van der Waals surface area contributed by atoms with Gasteiger partial charge in [-0.1, -0.05) is 73.2 Å². The van der Waals surface area contributed by atoms with Gasteiger partial charge in [-0.2, -0.15) is 0 Å². The van der Waals surface area contributed by atoms with Crippen LogP contribution in [-0.4, -0.2) is 0 Å². The van der Waals surface area contributed by atoms with Crippen molar-refractivity contribution in [2.45, 2.75) is 31.6 Å². The molecule has 0 unspecified atom stereocenters. The minimum Gasteiger partial charge on any atom is -0.0938 e. The lowest BCUT2D eigenvalue weighted by molar-refractivity contribution is 0.372. The Labute approximate surface area is 121 Å². The molecule has 1 aliphatic rings. The fraction of sp³-hybridized carbons (Fsp3) is 0.300. The summed E-state index contributed by atoms with van der Waals surface area (Å²) in [6.07, 6.45) is 5.16. The van der Waals surface area contributed by atoms with Gasteiger partial charge in [0.05, 0.1) is 0 Å². The maximum absolute atomic E-state index is 3.54. The first kappa shape index (κ1) is 13.0. The number of hydrogen-bond donors (Lipinski definition) is 0. The second kappa shape index (κ2) is 6.44. The summed E-state index contributed by atoms with van der Waals surface area (Å²) in [6.45, 7) is 0. The van der Waals surface area contributed by atoms with Gasteiger partial charge in [-0.15, -0.1) is 0 Å². The predicted molar refractivity (Wildman–Crippen MR) is 84.5 cm³/mol. The molecule has 0 amide bonds. The Bertz CT molecular complexity index is 586. The van der Waals surface area contributed by atoms with Crippen LogP contribution >= 0.6 is 0 Å². The molecule has 0 aliphatic heterocycles. The predicted octanol–water partition coefficient (Wildman–Crippen LogP) is 5.01. The minimum atomic E-state index is 0.506. The third kappa shape index (κ3) is 3.11. The average molecular weight is 260 g/mol. The highest BCUT2D eigenvalue weighted by Gasteiger charge is 2.24. The fourth-order valence-electron chi connectivity index (χ4n) is 3.10. The largest absolute Gasteiger partial charge is 0.0938 e. The third-order valence-electron chi connectivity index (χ3n) is 4.17. The monoisotopic (exact) mass is 260 g/mol. The van der Waals surface area contributed by atoms with Crippen LogP contribution in [0.25, 0.3) is 0 Å². The van der Waals surface area contributed by atoms with Gasteiger partial charge in [-0.3, -0.25) is 0 Å². The zero-order valence-corrected chi connectivity index (χ0v) is 11.8. The van der Waals surface area contributed by atoms with Gasteiger partial charge in [-0.05, 0) is 36.5 Å². The van der Waals surface area contributed by atoms with Crippen LogP contribution in [-0.2, 0) is 0 Å². The van der Waals surface area contributed by atoms with Crippen molar-refractivity contribution < 1.29 is 0 Å². The molecule has 0 heterocycles. The fourth-order valence-corrected chi connectivity index (χ4v) is 3.10. The standard InChI is InChI=1S/C20H20/c1-3-9-17(10-4-1)15-16-19-13-7-8-14-20(19)18-11-5-2-6-12-18/h1-6,9-12,19-20H,7-8,13-14H2/t19-,20-/m0/s1. The maximum Gasteiger partial charge on any atom is 0.0275 e. The van der Waals surface area contributed by atoms with Crippen LogP contribution in [0.4, 0.5) is 0 Å². The van der Waals surface area contributed by atoms with Crippen molar-refractivity contribution in [3.8, 4) is 11.8 Å². The molecule has 0 aromatic heterocycles. The van der Waals surface area contributed by atoms with E-state index in [0.717, 1.165) is 5.56 Å². The molecule has 1 fully saturated rings.